The molecule has 27 heavy (non-hydrogen) atoms. The third kappa shape index (κ3) is 4.43. The van der Waals surface area contributed by atoms with E-state index in [4.69, 9.17) is 4.74 Å². The number of amides is 1. The molecule has 140 valence electrons. The van der Waals surface area contributed by atoms with Gasteiger partial charge in [0.2, 0.25) is 5.91 Å². The number of hydrogen-bond donors (Lipinski definition) is 1. The summed E-state index contributed by atoms with van der Waals surface area (Å²) in [5.41, 5.74) is 0.756. The number of methoxy groups -OCH3 is 1. The molecule has 0 spiro atoms. The Hall–Kier alpha value is -2.94. The van der Waals surface area contributed by atoms with E-state index in [9.17, 15) is 13.6 Å². The van der Waals surface area contributed by atoms with Crippen molar-refractivity contribution in [1.82, 2.24) is 14.8 Å². The van der Waals surface area contributed by atoms with Gasteiger partial charge in [-0.05, 0) is 24.3 Å². The standard InChI is InChI=1S/C18H16F2N4O2S/c1-24-17(11-4-3-5-13(8-11)26-2)22-23-18(24)27-10-16(25)21-15-7-6-12(19)9-14(15)20/h3-9H,10H2,1-2H3,(H,21,25). The lowest BCUT2D eigenvalue weighted by molar-refractivity contribution is -0.113. The summed E-state index contributed by atoms with van der Waals surface area (Å²) in [6, 6.07) is 10.4. The number of rotatable bonds is 6. The Kier molecular flexibility index (Phi) is 5.70. The maximum Gasteiger partial charge on any atom is 0.234 e. The van der Waals surface area contributed by atoms with Crippen LogP contribution in [0.4, 0.5) is 14.5 Å². The van der Waals surface area contributed by atoms with Crippen molar-refractivity contribution in [1.29, 1.82) is 0 Å². The molecule has 3 aromatic rings. The average molecular weight is 390 g/mol. The molecule has 0 fully saturated rings. The van der Waals surface area contributed by atoms with Crippen LogP contribution in [-0.2, 0) is 11.8 Å². The largest absolute Gasteiger partial charge is 0.497 e. The van der Waals surface area contributed by atoms with Gasteiger partial charge in [0, 0.05) is 18.7 Å². The molecule has 0 saturated heterocycles. The molecule has 1 heterocycles. The van der Waals surface area contributed by atoms with E-state index in [1.165, 1.54) is 6.07 Å². The van der Waals surface area contributed by atoms with Crippen molar-refractivity contribution in [3.8, 4) is 17.1 Å². The van der Waals surface area contributed by atoms with Crippen molar-refractivity contribution < 1.29 is 18.3 Å². The van der Waals surface area contributed by atoms with Gasteiger partial charge < -0.3 is 14.6 Å². The summed E-state index contributed by atoms with van der Waals surface area (Å²) in [6.07, 6.45) is 0. The van der Waals surface area contributed by atoms with Crippen LogP contribution in [0.25, 0.3) is 11.4 Å². The van der Waals surface area contributed by atoms with Crippen LogP contribution >= 0.6 is 11.8 Å². The fourth-order valence-corrected chi connectivity index (χ4v) is 3.07. The van der Waals surface area contributed by atoms with E-state index in [0.717, 1.165) is 23.4 Å². The Bertz CT molecular complexity index is 978. The smallest absolute Gasteiger partial charge is 0.234 e. The maximum atomic E-state index is 13.6. The van der Waals surface area contributed by atoms with Crippen LogP contribution in [0.15, 0.2) is 47.6 Å². The van der Waals surface area contributed by atoms with Gasteiger partial charge in [-0.25, -0.2) is 8.78 Å². The Morgan fingerprint density at radius 2 is 2.04 bits per heavy atom. The van der Waals surface area contributed by atoms with Gasteiger partial charge in [-0.15, -0.1) is 10.2 Å². The fraction of sp³-hybridized carbons (Fsp3) is 0.167. The number of thioether (sulfide) groups is 1. The third-order valence-corrected chi connectivity index (χ3v) is 4.72. The van der Waals surface area contributed by atoms with Crippen molar-refractivity contribution in [3.63, 3.8) is 0 Å². The van der Waals surface area contributed by atoms with Crippen LogP contribution in [0.5, 0.6) is 5.75 Å². The molecule has 0 atom stereocenters. The predicted octanol–water partition coefficient (Wildman–Crippen LogP) is 3.50. The summed E-state index contributed by atoms with van der Waals surface area (Å²) in [4.78, 5) is 12.0. The molecule has 0 saturated carbocycles. The van der Waals surface area contributed by atoms with E-state index in [1.54, 1.807) is 18.7 Å². The topological polar surface area (TPSA) is 69.0 Å². The lowest BCUT2D eigenvalue weighted by atomic mass is 10.2. The van der Waals surface area contributed by atoms with E-state index in [-0.39, 0.29) is 11.4 Å². The van der Waals surface area contributed by atoms with Crippen LogP contribution in [0.1, 0.15) is 0 Å². The molecule has 1 aromatic heterocycles. The Labute approximate surface area is 158 Å². The van der Waals surface area contributed by atoms with Gasteiger partial charge in [-0.1, -0.05) is 23.9 Å². The van der Waals surface area contributed by atoms with Gasteiger partial charge in [0.25, 0.3) is 0 Å². The first-order valence-corrected chi connectivity index (χ1v) is 8.88. The number of hydrogen-bond acceptors (Lipinski definition) is 5. The zero-order valence-electron chi connectivity index (χ0n) is 14.6. The van der Waals surface area contributed by atoms with E-state index < -0.39 is 17.5 Å². The van der Waals surface area contributed by atoms with Gasteiger partial charge in [0.1, 0.15) is 17.4 Å². The first kappa shape index (κ1) is 18.8. The zero-order chi connectivity index (χ0) is 19.4. The average Bonchev–Trinajstić information content (AvgIpc) is 3.03. The summed E-state index contributed by atoms with van der Waals surface area (Å²) in [5.74, 6) is -0.638. The summed E-state index contributed by atoms with van der Waals surface area (Å²) in [7, 11) is 3.37. The highest BCUT2D eigenvalue weighted by atomic mass is 32.2. The number of aromatic nitrogens is 3. The van der Waals surface area contributed by atoms with Gasteiger partial charge in [-0.2, -0.15) is 0 Å². The monoisotopic (exact) mass is 390 g/mol. The summed E-state index contributed by atoms with van der Waals surface area (Å²) >= 11 is 1.16. The van der Waals surface area contributed by atoms with Crippen LogP contribution in [0, 0.1) is 11.6 Å². The molecule has 0 aliphatic heterocycles. The molecule has 0 aliphatic rings. The second-order valence-corrected chi connectivity index (χ2v) is 6.50. The third-order valence-electron chi connectivity index (χ3n) is 3.70. The normalized spacial score (nSPS) is 10.7. The minimum Gasteiger partial charge on any atom is -0.497 e. The lowest BCUT2D eigenvalue weighted by Gasteiger charge is -2.07. The van der Waals surface area contributed by atoms with E-state index in [2.05, 4.69) is 15.5 Å². The molecule has 0 radical (unpaired) electrons. The predicted molar refractivity (Wildman–Crippen MR) is 98.7 cm³/mol. The highest BCUT2D eigenvalue weighted by Gasteiger charge is 2.14. The number of halogens is 2. The van der Waals surface area contributed by atoms with Gasteiger partial charge >= 0.3 is 0 Å². The quantitative estimate of drug-likeness (QED) is 0.653. The maximum absolute atomic E-state index is 13.6. The molecule has 6 nitrogen and oxygen atoms in total. The fourth-order valence-electron chi connectivity index (χ4n) is 2.36. The van der Waals surface area contributed by atoms with Crippen LogP contribution in [0.2, 0.25) is 0 Å². The summed E-state index contributed by atoms with van der Waals surface area (Å²) in [5, 5.41) is 11.2. The number of ether oxygens (including phenoxy) is 1. The highest BCUT2D eigenvalue weighted by molar-refractivity contribution is 7.99. The summed E-state index contributed by atoms with van der Waals surface area (Å²) < 4.78 is 33.5. The minimum atomic E-state index is -0.827. The first-order valence-electron chi connectivity index (χ1n) is 7.89. The second kappa shape index (κ2) is 8.17. The molecule has 1 amide bonds. The van der Waals surface area contributed by atoms with Gasteiger partial charge in [0.15, 0.2) is 11.0 Å². The molecule has 3 rings (SSSR count). The molecule has 0 unspecified atom stereocenters. The van der Waals surface area contributed by atoms with E-state index in [1.807, 2.05) is 24.3 Å². The van der Waals surface area contributed by atoms with Crippen molar-refractivity contribution in [2.45, 2.75) is 5.16 Å². The van der Waals surface area contributed by atoms with Crippen LogP contribution in [-0.4, -0.2) is 33.5 Å². The van der Waals surface area contributed by atoms with Gasteiger partial charge in [-0.3, -0.25) is 4.79 Å². The molecular formula is C18H16F2N4O2S. The Balaban J connectivity index is 1.66. The number of nitrogens with one attached hydrogen (secondary N) is 1. The number of carbonyl (C=O) groups is 1. The number of carbonyl (C=O) groups excluding carboxylic acids is 1. The molecule has 1 N–H and O–H groups in total. The Morgan fingerprint density at radius 3 is 2.78 bits per heavy atom. The summed E-state index contributed by atoms with van der Waals surface area (Å²) in [6.45, 7) is 0. The Morgan fingerprint density at radius 1 is 1.22 bits per heavy atom. The minimum absolute atomic E-state index is 0.000893. The molecule has 2 aromatic carbocycles. The molecule has 0 aliphatic carbocycles. The molecular weight excluding hydrogens is 374 g/mol. The van der Waals surface area contributed by atoms with E-state index in [0.29, 0.717) is 22.8 Å². The number of nitrogens with zero attached hydrogens (tertiary/aromatic N) is 3. The van der Waals surface area contributed by atoms with Crippen molar-refractivity contribution in [2.75, 3.05) is 18.2 Å². The zero-order valence-corrected chi connectivity index (χ0v) is 15.4. The van der Waals surface area contributed by atoms with Crippen molar-refractivity contribution >= 4 is 23.4 Å². The first-order chi connectivity index (χ1) is 13.0. The lowest BCUT2D eigenvalue weighted by Crippen LogP contribution is -2.15. The van der Waals surface area contributed by atoms with Crippen molar-refractivity contribution in [3.05, 3.63) is 54.1 Å². The van der Waals surface area contributed by atoms with Crippen LogP contribution < -0.4 is 10.1 Å². The van der Waals surface area contributed by atoms with Crippen molar-refractivity contribution in [2.24, 2.45) is 7.05 Å². The second-order valence-electron chi connectivity index (χ2n) is 5.56. The van der Waals surface area contributed by atoms with Gasteiger partial charge in [0.05, 0.1) is 18.6 Å². The highest BCUT2D eigenvalue weighted by Crippen LogP contribution is 2.25. The van der Waals surface area contributed by atoms with Crippen LogP contribution in [0.3, 0.4) is 0 Å². The molecule has 9 heteroatoms. The number of benzene rings is 2. The molecule has 0 bridgehead atoms. The SMILES string of the molecule is COc1cccc(-c2nnc(SCC(=O)Nc3ccc(F)cc3F)n2C)c1. The van der Waals surface area contributed by atoms with E-state index >= 15 is 0 Å². The number of anilines is 1.